The maximum absolute atomic E-state index is 13.5. The summed E-state index contributed by atoms with van der Waals surface area (Å²) >= 11 is 6.22. The summed E-state index contributed by atoms with van der Waals surface area (Å²) in [6.07, 6.45) is 2.87. The molecule has 32 heavy (non-hydrogen) atoms. The largest absolute Gasteiger partial charge is 0.274 e. The topological polar surface area (TPSA) is 101 Å². The molecule has 4 rings (SSSR count). The van der Waals surface area contributed by atoms with Crippen LogP contribution in [0.1, 0.15) is 35.7 Å². The van der Waals surface area contributed by atoms with Crippen LogP contribution in [0.25, 0.3) is 0 Å². The second-order valence-corrected chi connectivity index (χ2v) is 8.36. The van der Waals surface area contributed by atoms with Gasteiger partial charge < -0.3 is 0 Å². The molecule has 2 aliphatic rings. The quantitative estimate of drug-likeness (QED) is 0.293. The van der Waals surface area contributed by atoms with E-state index in [0.717, 1.165) is 15.6 Å². The van der Waals surface area contributed by atoms with Crippen LogP contribution in [0.4, 0.5) is 5.69 Å². The molecule has 8 nitrogen and oxygen atoms in total. The molecule has 0 saturated carbocycles. The van der Waals surface area contributed by atoms with Gasteiger partial charge in [-0.15, -0.1) is 0 Å². The molecule has 1 aliphatic heterocycles. The third kappa shape index (κ3) is 3.89. The molecule has 0 spiro atoms. The van der Waals surface area contributed by atoms with Crippen LogP contribution in [-0.4, -0.2) is 32.7 Å². The number of hydrogen-bond acceptors (Lipinski definition) is 5. The number of non-ortho nitro benzene ring substituents is 1. The highest BCUT2D eigenvalue weighted by atomic mass is 35.5. The Bertz CT molecular complexity index is 1140. The predicted octanol–water partition coefficient (Wildman–Crippen LogP) is 4.15. The zero-order valence-corrected chi connectivity index (χ0v) is 18.0. The van der Waals surface area contributed by atoms with Gasteiger partial charge in [0.25, 0.3) is 23.4 Å². The summed E-state index contributed by atoms with van der Waals surface area (Å²) in [5.74, 6) is -2.46. The van der Waals surface area contributed by atoms with Gasteiger partial charge in [0.1, 0.15) is 0 Å². The summed E-state index contributed by atoms with van der Waals surface area (Å²) in [6, 6.07) is 12.0. The Morgan fingerprint density at radius 2 is 1.78 bits per heavy atom. The summed E-state index contributed by atoms with van der Waals surface area (Å²) in [5, 5.41) is 13.2. The molecule has 164 valence electrons. The average Bonchev–Trinajstić information content (AvgIpc) is 3.01. The molecule has 9 heteroatoms. The van der Waals surface area contributed by atoms with Gasteiger partial charge in [0.2, 0.25) is 0 Å². The lowest BCUT2D eigenvalue weighted by Gasteiger charge is -2.31. The van der Waals surface area contributed by atoms with Gasteiger partial charge in [0, 0.05) is 12.1 Å². The Morgan fingerprint density at radius 1 is 1.12 bits per heavy atom. The molecule has 1 fully saturated rings. The Kier molecular flexibility index (Phi) is 5.80. The second kappa shape index (κ2) is 8.55. The summed E-state index contributed by atoms with van der Waals surface area (Å²) in [5.41, 5.74) is 1.62. The van der Waals surface area contributed by atoms with E-state index in [1.807, 2.05) is 13.0 Å². The summed E-state index contributed by atoms with van der Waals surface area (Å²) in [7, 11) is 0. The number of benzene rings is 2. The van der Waals surface area contributed by atoms with Gasteiger partial charge in [-0.05, 0) is 37.5 Å². The van der Waals surface area contributed by atoms with Crippen LogP contribution in [0.15, 0.2) is 60.2 Å². The van der Waals surface area contributed by atoms with Crippen LogP contribution < -0.4 is 0 Å². The highest BCUT2D eigenvalue weighted by molar-refractivity contribution is 6.33. The maximum atomic E-state index is 13.5. The Balaban J connectivity index is 1.71. The van der Waals surface area contributed by atoms with Gasteiger partial charge in [-0.3, -0.25) is 24.5 Å². The van der Waals surface area contributed by atoms with Crippen molar-refractivity contribution in [3.8, 4) is 0 Å². The number of amides is 3. The smallest absolute Gasteiger partial charge is 0.272 e. The van der Waals surface area contributed by atoms with E-state index in [1.54, 1.807) is 18.2 Å². The number of nitrogens with zero attached hydrogens (tertiary/aromatic N) is 3. The number of imide groups is 1. The molecule has 1 heterocycles. The van der Waals surface area contributed by atoms with Gasteiger partial charge in [-0.1, -0.05) is 47.5 Å². The zero-order chi connectivity index (χ0) is 23.0. The average molecular weight is 454 g/mol. The summed E-state index contributed by atoms with van der Waals surface area (Å²) < 4.78 is 0. The number of hydrogen-bond donors (Lipinski definition) is 0. The highest BCUT2D eigenvalue weighted by Crippen LogP contribution is 2.39. The van der Waals surface area contributed by atoms with Crippen molar-refractivity contribution >= 4 is 35.0 Å². The SMILES string of the molecule is CC1=CC[C@H]2C(=O)N(N(Cc3ccc([N+](=O)[O-])cc3)C(=O)c3ccccc3Cl)C(=O)[C@@H]2C1. The number of rotatable bonds is 5. The van der Waals surface area contributed by atoms with E-state index in [1.165, 1.54) is 30.3 Å². The first kappa shape index (κ1) is 21.7. The van der Waals surface area contributed by atoms with Crippen molar-refractivity contribution < 1.29 is 19.3 Å². The minimum absolute atomic E-state index is 0.0985. The zero-order valence-electron chi connectivity index (χ0n) is 17.2. The van der Waals surface area contributed by atoms with E-state index < -0.39 is 34.5 Å². The molecular weight excluding hydrogens is 434 g/mol. The molecule has 0 unspecified atom stereocenters. The normalized spacial score (nSPS) is 20.1. The predicted molar refractivity (Wildman–Crippen MR) is 116 cm³/mol. The lowest BCUT2D eigenvalue weighted by molar-refractivity contribution is -0.384. The maximum Gasteiger partial charge on any atom is 0.274 e. The number of hydrazine groups is 1. The number of carbonyl (C=O) groups excluding carboxylic acids is 3. The van der Waals surface area contributed by atoms with Crippen molar-refractivity contribution in [2.75, 3.05) is 0 Å². The standard InChI is InChI=1S/C23H20ClN3O5/c1-14-6-11-17-19(12-14)23(30)26(22(17)29)25(21(28)18-4-2-3-5-20(18)24)13-15-7-9-16(10-8-15)27(31)32/h2-10,17,19H,11-13H2,1H3/t17-,19-/m1/s1. The number of halogens is 1. The first-order valence-corrected chi connectivity index (χ1v) is 10.5. The number of fused-ring (bicyclic) bond motifs is 1. The lowest BCUT2D eigenvalue weighted by Crippen LogP contribution is -2.49. The van der Waals surface area contributed by atoms with Gasteiger partial charge in [0.05, 0.1) is 33.9 Å². The van der Waals surface area contributed by atoms with Gasteiger partial charge in [-0.2, -0.15) is 5.01 Å². The van der Waals surface area contributed by atoms with Crippen molar-refractivity contribution in [2.45, 2.75) is 26.3 Å². The molecule has 0 bridgehead atoms. The van der Waals surface area contributed by atoms with Crippen LogP contribution >= 0.6 is 11.6 Å². The van der Waals surface area contributed by atoms with Gasteiger partial charge in [-0.25, -0.2) is 5.01 Å². The molecule has 2 aromatic carbocycles. The van der Waals surface area contributed by atoms with E-state index in [4.69, 9.17) is 11.6 Å². The van der Waals surface area contributed by atoms with Gasteiger partial charge in [0.15, 0.2) is 0 Å². The van der Waals surface area contributed by atoms with E-state index in [0.29, 0.717) is 18.4 Å². The first-order chi connectivity index (χ1) is 15.3. The molecule has 1 aliphatic carbocycles. The van der Waals surface area contributed by atoms with Crippen molar-refractivity contribution in [2.24, 2.45) is 11.8 Å². The number of carbonyl (C=O) groups is 3. The van der Waals surface area contributed by atoms with Crippen LogP contribution in [-0.2, 0) is 16.1 Å². The van der Waals surface area contributed by atoms with Gasteiger partial charge >= 0.3 is 0 Å². The van der Waals surface area contributed by atoms with Crippen LogP contribution in [0.5, 0.6) is 0 Å². The lowest BCUT2D eigenvalue weighted by atomic mass is 9.82. The van der Waals surface area contributed by atoms with Crippen LogP contribution in [0.2, 0.25) is 5.02 Å². The van der Waals surface area contributed by atoms with E-state index in [-0.39, 0.29) is 22.8 Å². The van der Waals surface area contributed by atoms with E-state index >= 15 is 0 Å². The highest BCUT2D eigenvalue weighted by Gasteiger charge is 2.51. The fourth-order valence-electron chi connectivity index (χ4n) is 4.16. The van der Waals surface area contributed by atoms with E-state index in [2.05, 4.69) is 0 Å². The minimum atomic E-state index is -0.598. The summed E-state index contributed by atoms with van der Waals surface area (Å²) in [4.78, 5) is 50.4. The second-order valence-electron chi connectivity index (χ2n) is 7.96. The molecule has 0 N–H and O–H groups in total. The van der Waals surface area contributed by atoms with Crippen molar-refractivity contribution in [1.82, 2.24) is 10.0 Å². The molecule has 1 saturated heterocycles. The number of allylic oxidation sites excluding steroid dienone is 2. The first-order valence-electron chi connectivity index (χ1n) is 10.1. The third-order valence-corrected chi connectivity index (χ3v) is 6.19. The number of nitro groups is 1. The van der Waals surface area contributed by atoms with Crippen LogP contribution in [0.3, 0.4) is 0 Å². The Hall–Kier alpha value is -3.52. The fourth-order valence-corrected chi connectivity index (χ4v) is 4.38. The molecular formula is C23H20ClN3O5. The molecule has 2 atom stereocenters. The molecule has 0 radical (unpaired) electrons. The molecule has 3 amide bonds. The Morgan fingerprint density at radius 3 is 2.44 bits per heavy atom. The van der Waals surface area contributed by atoms with Crippen molar-refractivity contribution in [1.29, 1.82) is 0 Å². The van der Waals surface area contributed by atoms with Crippen molar-refractivity contribution in [3.63, 3.8) is 0 Å². The minimum Gasteiger partial charge on any atom is -0.272 e. The molecule has 0 aromatic heterocycles. The Labute approximate surface area is 189 Å². The number of nitro benzene ring substituents is 1. The molecule has 2 aromatic rings. The van der Waals surface area contributed by atoms with Crippen molar-refractivity contribution in [3.05, 3.63) is 86.4 Å². The summed E-state index contributed by atoms with van der Waals surface area (Å²) in [6.45, 7) is 1.80. The third-order valence-electron chi connectivity index (χ3n) is 5.86. The fraction of sp³-hybridized carbons (Fsp3) is 0.261. The van der Waals surface area contributed by atoms with E-state index in [9.17, 15) is 24.5 Å². The monoisotopic (exact) mass is 453 g/mol. The van der Waals surface area contributed by atoms with Crippen LogP contribution in [0, 0.1) is 22.0 Å².